The third-order valence-corrected chi connectivity index (χ3v) is 3.62. The van der Waals surface area contributed by atoms with Crippen molar-refractivity contribution in [1.29, 1.82) is 0 Å². The average molecular weight is 274 g/mol. The molecule has 0 aliphatic carbocycles. The van der Waals surface area contributed by atoms with E-state index in [1.54, 1.807) is 7.05 Å². The number of aliphatic imine (C=N–C) groups is 1. The lowest BCUT2D eigenvalue weighted by atomic mass is 10.1. The lowest BCUT2D eigenvalue weighted by Crippen LogP contribution is -2.36. The Morgan fingerprint density at radius 1 is 1.45 bits per heavy atom. The lowest BCUT2D eigenvalue weighted by molar-refractivity contribution is -0.127. The molecule has 5 nitrogen and oxygen atoms in total. The fourth-order valence-electron chi connectivity index (χ4n) is 2.44. The first-order valence-corrected chi connectivity index (χ1v) is 6.97. The molecule has 0 bridgehead atoms. The molecular formula is C15H22N4O. The number of hydrogen-bond donors (Lipinski definition) is 2. The van der Waals surface area contributed by atoms with Gasteiger partial charge in [-0.15, -0.1) is 0 Å². The molecule has 1 atom stereocenters. The molecule has 0 spiro atoms. The third kappa shape index (κ3) is 3.98. The molecule has 1 heterocycles. The lowest BCUT2D eigenvalue weighted by Gasteiger charge is -2.17. The number of hydrogen-bond acceptors (Lipinski definition) is 2. The summed E-state index contributed by atoms with van der Waals surface area (Å²) in [6.07, 6.45) is 1.50. The summed E-state index contributed by atoms with van der Waals surface area (Å²) in [6, 6.07) is 10.3. The number of carbonyl (C=O) groups is 1. The van der Waals surface area contributed by atoms with Crippen LogP contribution in [0.15, 0.2) is 35.3 Å². The zero-order chi connectivity index (χ0) is 14.4. The zero-order valence-electron chi connectivity index (χ0n) is 11.9. The summed E-state index contributed by atoms with van der Waals surface area (Å²) in [7, 11) is 1.65. The Morgan fingerprint density at radius 3 is 2.90 bits per heavy atom. The molecule has 1 aliphatic rings. The van der Waals surface area contributed by atoms with Crippen molar-refractivity contribution < 1.29 is 4.79 Å². The van der Waals surface area contributed by atoms with Gasteiger partial charge in [0.15, 0.2) is 5.96 Å². The molecule has 3 N–H and O–H groups in total. The number of nitrogens with zero attached hydrogens (tertiary/aromatic N) is 2. The van der Waals surface area contributed by atoms with E-state index in [9.17, 15) is 4.79 Å². The number of carbonyl (C=O) groups excluding carboxylic acids is 1. The summed E-state index contributed by atoms with van der Waals surface area (Å²) < 4.78 is 0. The van der Waals surface area contributed by atoms with Crippen LogP contribution in [-0.2, 0) is 11.2 Å². The van der Waals surface area contributed by atoms with Crippen molar-refractivity contribution in [1.82, 2.24) is 10.2 Å². The first kappa shape index (κ1) is 14.4. The first-order valence-electron chi connectivity index (χ1n) is 6.97. The van der Waals surface area contributed by atoms with Crippen LogP contribution >= 0.6 is 0 Å². The Bertz CT molecular complexity index is 472. The van der Waals surface area contributed by atoms with Crippen LogP contribution in [0, 0.1) is 5.92 Å². The zero-order valence-corrected chi connectivity index (χ0v) is 11.9. The Kier molecular flexibility index (Phi) is 4.98. The van der Waals surface area contributed by atoms with Crippen LogP contribution in [0.3, 0.4) is 0 Å². The van der Waals surface area contributed by atoms with E-state index in [4.69, 9.17) is 5.73 Å². The number of nitrogens with two attached hydrogens (primary N) is 1. The molecule has 1 unspecified atom stereocenters. The van der Waals surface area contributed by atoms with Crippen molar-refractivity contribution in [3.63, 3.8) is 0 Å². The van der Waals surface area contributed by atoms with Gasteiger partial charge >= 0.3 is 0 Å². The minimum Gasteiger partial charge on any atom is -0.370 e. The second-order valence-corrected chi connectivity index (χ2v) is 5.14. The number of rotatable bonds is 5. The minimum atomic E-state index is 0.236. The summed E-state index contributed by atoms with van der Waals surface area (Å²) in [4.78, 5) is 17.7. The molecule has 1 amide bonds. The van der Waals surface area contributed by atoms with E-state index in [1.165, 1.54) is 5.56 Å². The molecule has 20 heavy (non-hydrogen) atoms. The van der Waals surface area contributed by atoms with Crippen LogP contribution in [0.1, 0.15) is 12.0 Å². The fourth-order valence-corrected chi connectivity index (χ4v) is 2.44. The molecule has 0 saturated carbocycles. The topological polar surface area (TPSA) is 70.7 Å². The number of likely N-dealkylation sites (tertiary alicyclic amines) is 1. The normalized spacial score (nSPS) is 19.4. The van der Waals surface area contributed by atoms with E-state index in [-0.39, 0.29) is 5.91 Å². The van der Waals surface area contributed by atoms with E-state index >= 15 is 0 Å². The Hall–Kier alpha value is -2.04. The molecule has 2 rings (SSSR count). The van der Waals surface area contributed by atoms with E-state index in [2.05, 4.69) is 22.4 Å². The van der Waals surface area contributed by atoms with Gasteiger partial charge in [-0.3, -0.25) is 9.79 Å². The highest BCUT2D eigenvalue weighted by Gasteiger charge is 2.28. The van der Waals surface area contributed by atoms with Gasteiger partial charge in [-0.25, -0.2) is 0 Å². The van der Waals surface area contributed by atoms with Gasteiger partial charge in [0.25, 0.3) is 0 Å². The number of guanidine groups is 1. The van der Waals surface area contributed by atoms with Gasteiger partial charge in [0.2, 0.25) is 5.91 Å². The smallest absolute Gasteiger partial charge is 0.223 e. The van der Waals surface area contributed by atoms with Crippen molar-refractivity contribution >= 4 is 11.9 Å². The van der Waals surface area contributed by atoms with Crippen LogP contribution in [0.25, 0.3) is 0 Å². The second-order valence-electron chi connectivity index (χ2n) is 5.14. The molecule has 1 aliphatic heterocycles. The molecule has 0 radical (unpaired) electrons. The summed E-state index contributed by atoms with van der Waals surface area (Å²) >= 11 is 0. The van der Waals surface area contributed by atoms with Crippen LogP contribution in [0.4, 0.5) is 0 Å². The number of amides is 1. The van der Waals surface area contributed by atoms with Crippen molar-refractivity contribution in [2.75, 3.05) is 26.7 Å². The monoisotopic (exact) mass is 274 g/mol. The van der Waals surface area contributed by atoms with Crippen LogP contribution < -0.4 is 11.1 Å². The Morgan fingerprint density at radius 2 is 2.20 bits per heavy atom. The molecule has 0 aromatic heterocycles. The van der Waals surface area contributed by atoms with Gasteiger partial charge in [0, 0.05) is 39.0 Å². The van der Waals surface area contributed by atoms with Gasteiger partial charge in [0.05, 0.1) is 0 Å². The maximum atomic E-state index is 12.0. The van der Waals surface area contributed by atoms with E-state index < -0.39 is 0 Å². The Balaban J connectivity index is 1.78. The first-order chi connectivity index (χ1) is 9.69. The van der Waals surface area contributed by atoms with Crippen LogP contribution in [0.5, 0.6) is 0 Å². The molecule has 1 aromatic rings. The third-order valence-electron chi connectivity index (χ3n) is 3.62. The van der Waals surface area contributed by atoms with Crippen molar-refractivity contribution in [3.05, 3.63) is 35.9 Å². The summed E-state index contributed by atoms with van der Waals surface area (Å²) in [5.41, 5.74) is 6.86. The molecule has 1 aromatic carbocycles. The Labute approximate surface area is 119 Å². The quantitative estimate of drug-likeness (QED) is 0.610. The second kappa shape index (κ2) is 6.93. The largest absolute Gasteiger partial charge is 0.370 e. The molecule has 1 fully saturated rings. The highest BCUT2D eigenvalue weighted by molar-refractivity contribution is 5.79. The predicted octanol–water partition coefficient (Wildman–Crippen LogP) is 0.612. The number of benzene rings is 1. The molecular weight excluding hydrogens is 252 g/mol. The average Bonchev–Trinajstić information content (AvgIpc) is 2.84. The van der Waals surface area contributed by atoms with Crippen molar-refractivity contribution in [2.24, 2.45) is 16.6 Å². The fraction of sp³-hybridized carbons (Fsp3) is 0.467. The van der Waals surface area contributed by atoms with Gasteiger partial charge in [-0.1, -0.05) is 30.3 Å². The van der Waals surface area contributed by atoms with Crippen LogP contribution in [0.2, 0.25) is 0 Å². The van der Waals surface area contributed by atoms with Crippen molar-refractivity contribution in [2.45, 2.75) is 12.8 Å². The summed E-state index contributed by atoms with van der Waals surface area (Å²) in [5.74, 6) is 0.985. The minimum absolute atomic E-state index is 0.236. The number of nitrogens with one attached hydrogen (secondary N) is 1. The summed E-state index contributed by atoms with van der Waals surface area (Å²) in [6.45, 7) is 2.29. The van der Waals surface area contributed by atoms with Gasteiger partial charge in [0.1, 0.15) is 0 Å². The standard InChI is InChI=1S/C15H22N4O/c1-17-15(16)18-10-13-9-14(20)19(11-13)8-7-12-5-3-2-4-6-12/h2-6,13H,7-11H2,1H3,(H3,16,17,18). The van der Waals surface area contributed by atoms with E-state index in [1.807, 2.05) is 23.1 Å². The van der Waals surface area contributed by atoms with Gasteiger partial charge < -0.3 is 16.0 Å². The maximum Gasteiger partial charge on any atom is 0.223 e. The highest BCUT2D eigenvalue weighted by atomic mass is 16.2. The van der Waals surface area contributed by atoms with E-state index in [0.29, 0.717) is 24.8 Å². The van der Waals surface area contributed by atoms with Crippen LogP contribution in [-0.4, -0.2) is 43.4 Å². The highest BCUT2D eigenvalue weighted by Crippen LogP contribution is 2.17. The SMILES string of the molecule is CN=C(N)NCC1CC(=O)N(CCc2ccccc2)C1. The van der Waals surface area contributed by atoms with Gasteiger partial charge in [-0.2, -0.15) is 0 Å². The van der Waals surface area contributed by atoms with E-state index in [0.717, 1.165) is 19.5 Å². The van der Waals surface area contributed by atoms with Crippen molar-refractivity contribution in [3.8, 4) is 0 Å². The predicted molar refractivity (Wildman–Crippen MR) is 80.4 cm³/mol. The molecule has 5 heteroatoms. The molecule has 108 valence electrons. The van der Waals surface area contributed by atoms with Gasteiger partial charge in [-0.05, 0) is 12.0 Å². The molecule has 1 saturated heterocycles. The maximum absolute atomic E-state index is 12.0. The summed E-state index contributed by atoms with van der Waals surface area (Å²) in [5, 5.41) is 3.04.